The number of benzene rings is 1. The highest BCUT2D eigenvalue weighted by molar-refractivity contribution is 9.10. The van der Waals surface area contributed by atoms with Crippen molar-refractivity contribution in [2.24, 2.45) is 0 Å². The molecule has 62 valence electrons. The summed E-state index contributed by atoms with van der Waals surface area (Å²) in [7, 11) is 0. The third-order valence-electron chi connectivity index (χ3n) is 1.70. The fourth-order valence-electron chi connectivity index (χ4n) is 1.11. The molecule has 0 N–H and O–H groups in total. The van der Waals surface area contributed by atoms with Gasteiger partial charge in [-0.3, -0.25) is 0 Å². The molecule has 2 nitrogen and oxygen atoms in total. The first-order valence-corrected chi connectivity index (χ1v) is 4.57. The largest absolute Gasteiger partial charge is 0.356 e. The van der Waals surface area contributed by atoms with Gasteiger partial charge in [-0.25, -0.2) is 0 Å². The number of nitrogens with zero attached hydrogens (tertiary/aromatic N) is 1. The van der Waals surface area contributed by atoms with Gasteiger partial charge >= 0.3 is 0 Å². The minimum absolute atomic E-state index is 0.659. The molecule has 0 saturated carbocycles. The Kier molecular flexibility index (Phi) is 1.85. The monoisotopic (exact) mass is 245 g/mol. The van der Waals surface area contributed by atoms with Crippen molar-refractivity contribution in [2.45, 2.75) is 6.92 Å². The molecular formula is C8H5BrClNO. The quantitative estimate of drug-likeness (QED) is 0.710. The number of aromatic nitrogens is 1. The number of aryl methyl sites for hydroxylation is 1. The Morgan fingerprint density at radius 2 is 2.25 bits per heavy atom. The van der Waals surface area contributed by atoms with Gasteiger partial charge < -0.3 is 4.52 Å². The van der Waals surface area contributed by atoms with Gasteiger partial charge in [0.25, 0.3) is 0 Å². The van der Waals surface area contributed by atoms with E-state index in [1.54, 1.807) is 0 Å². The molecule has 2 aromatic rings. The predicted molar refractivity (Wildman–Crippen MR) is 51.5 cm³/mol. The molecular weight excluding hydrogens is 241 g/mol. The molecule has 1 heterocycles. The van der Waals surface area contributed by atoms with E-state index in [0.29, 0.717) is 5.02 Å². The molecule has 0 spiro atoms. The van der Waals surface area contributed by atoms with Crippen LogP contribution in [0.25, 0.3) is 11.0 Å². The van der Waals surface area contributed by atoms with Gasteiger partial charge in [0.15, 0.2) is 5.58 Å². The maximum Gasteiger partial charge on any atom is 0.168 e. The zero-order valence-electron chi connectivity index (χ0n) is 6.27. The number of halogens is 2. The van der Waals surface area contributed by atoms with E-state index >= 15 is 0 Å². The van der Waals surface area contributed by atoms with Gasteiger partial charge in [-0.1, -0.05) is 16.8 Å². The molecule has 0 unspecified atom stereocenters. The van der Waals surface area contributed by atoms with Gasteiger partial charge in [0, 0.05) is 4.47 Å². The first-order chi connectivity index (χ1) is 5.70. The molecule has 1 aromatic heterocycles. The van der Waals surface area contributed by atoms with E-state index < -0.39 is 0 Å². The standard InChI is InChI=1S/C8H5BrClNO/c1-4-7-6(12-11-4)3-2-5(9)8(7)10/h2-3H,1H3. The third kappa shape index (κ3) is 1.04. The second-order valence-corrected chi connectivity index (χ2v) is 3.73. The fraction of sp³-hybridized carbons (Fsp3) is 0.125. The fourth-order valence-corrected chi connectivity index (χ4v) is 1.73. The average Bonchev–Trinajstić information content (AvgIpc) is 2.41. The van der Waals surface area contributed by atoms with Crippen molar-refractivity contribution in [1.82, 2.24) is 5.16 Å². The Morgan fingerprint density at radius 3 is 3.00 bits per heavy atom. The van der Waals surface area contributed by atoms with Crippen molar-refractivity contribution >= 4 is 38.5 Å². The molecule has 0 amide bonds. The van der Waals surface area contributed by atoms with Gasteiger partial charge in [0.1, 0.15) is 0 Å². The Balaban J connectivity index is 2.96. The zero-order chi connectivity index (χ0) is 8.72. The molecule has 0 aliphatic rings. The van der Waals surface area contributed by atoms with E-state index in [4.69, 9.17) is 16.1 Å². The van der Waals surface area contributed by atoms with Gasteiger partial charge in [0.2, 0.25) is 0 Å². The molecule has 0 aliphatic carbocycles. The molecule has 1 aromatic carbocycles. The van der Waals surface area contributed by atoms with Gasteiger partial charge in [0.05, 0.1) is 16.1 Å². The first kappa shape index (κ1) is 8.08. The van der Waals surface area contributed by atoms with Crippen LogP contribution >= 0.6 is 27.5 Å². The van der Waals surface area contributed by atoms with E-state index in [-0.39, 0.29) is 0 Å². The second-order valence-electron chi connectivity index (χ2n) is 2.50. The molecule has 2 rings (SSSR count). The average molecular weight is 246 g/mol. The van der Waals surface area contributed by atoms with E-state index in [1.165, 1.54) is 0 Å². The topological polar surface area (TPSA) is 26.0 Å². The highest BCUT2D eigenvalue weighted by Crippen LogP contribution is 2.32. The van der Waals surface area contributed by atoms with Crippen LogP contribution in [0.2, 0.25) is 5.02 Å². The molecule has 0 radical (unpaired) electrons. The van der Waals surface area contributed by atoms with Crippen molar-refractivity contribution in [3.63, 3.8) is 0 Å². The van der Waals surface area contributed by atoms with E-state index in [0.717, 1.165) is 21.1 Å². The SMILES string of the molecule is Cc1noc2ccc(Br)c(Cl)c12. The minimum Gasteiger partial charge on any atom is -0.356 e. The first-order valence-electron chi connectivity index (χ1n) is 3.40. The molecule has 0 atom stereocenters. The van der Waals surface area contributed by atoms with Crippen LogP contribution in [0.3, 0.4) is 0 Å². The molecule has 12 heavy (non-hydrogen) atoms. The summed E-state index contributed by atoms with van der Waals surface area (Å²) >= 11 is 9.36. The van der Waals surface area contributed by atoms with Crippen LogP contribution in [0.4, 0.5) is 0 Å². The third-order valence-corrected chi connectivity index (χ3v) is 2.98. The smallest absolute Gasteiger partial charge is 0.168 e. The number of fused-ring (bicyclic) bond motifs is 1. The summed E-state index contributed by atoms with van der Waals surface area (Å²) in [5.41, 5.74) is 1.54. The summed E-state index contributed by atoms with van der Waals surface area (Å²) in [4.78, 5) is 0. The highest BCUT2D eigenvalue weighted by Gasteiger charge is 2.09. The highest BCUT2D eigenvalue weighted by atomic mass is 79.9. The lowest BCUT2D eigenvalue weighted by Crippen LogP contribution is -1.73. The van der Waals surface area contributed by atoms with Crippen molar-refractivity contribution in [1.29, 1.82) is 0 Å². The Hall–Kier alpha value is -0.540. The van der Waals surface area contributed by atoms with Crippen LogP contribution in [0, 0.1) is 6.92 Å². The van der Waals surface area contributed by atoms with E-state index in [9.17, 15) is 0 Å². The second kappa shape index (κ2) is 2.75. The van der Waals surface area contributed by atoms with Crippen LogP contribution in [0.15, 0.2) is 21.1 Å². The van der Waals surface area contributed by atoms with Crippen LogP contribution < -0.4 is 0 Å². The summed E-state index contributed by atoms with van der Waals surface area (Å²) in [6.07, 6.45) is 0. The lowest BCUT2D eigenvalue weighted by molar-refractivity contribution is 0.450. The zero-order valence-corrected chi connectivity index (χ0v) is 8.61. The van der Waals surface area contributed by atoms with Crippen molar-refractivity contribution in [2.75, 3.05) is 0 Å². The lowest BCUT2D eigenvalue weighted by atomic mass is 10.2. The predicted octanol–water partition coefficient (Wildman–Crippen LogP) is 3.55. The maximum atomic E-state index is 6.03. The molecule has 0 saturated heterocycles. The van der Waals surface area contributed by atoms with Crippen molar-refractivity contribution < 1.29 is 4.52 Å². The Labute approximate surface area is 82.6 Å². The summed E-state index contributed by atoms with van der Waals surface area (Å²) in [5, 5.41) is 5.36. The minimum atomic E-state index is 0.659. The molecule has 0 fully saturated rings. The summed E-state index contributed by atoms with van der Waals surface area (Å²) in [6, 6.07) is 3.68. The lowest BCUT2D eigenvalue weighted by Gasteiger charge is -1.94. The Bertz CT molecular complexity index is 438. The Morgan fingerprint density at radius 1 is 1.50 bits per heavy atom. The summed E-state index contributed by atoms with van der Waals surface area (Å²) in [6.45, 7) is 1.87. The molecule has 0 bridgehead atoms. The van der Waals surface area contributed by atoms with E-state index in [2.05, 4.69) is 21.1 Å². The van der Waals surface area contributed by atoms with Crippen LogP contribution in [0.5, 0.6) is 0 Å². The van der Waals surface area contributed by atoms with Gasteiger partial charge in [-0.05, 0) is 35.0 Å². The number of hydrogen-bond donors (Lipinski definition) is 0. The summed E-state index contributed by atoms with van der Waals surface area (Å²) < 4.78 is 5.89. The van der Waals surface area contributed by atoms with Gasteiger partial charge in [-0.15, -0.1) is 0 Å². The maximum absolute atomic E-state index is 6.03. The van der Waals surface area contributed by atoms with Crippen LogP contribution in [-0.2, 0) is 0 Å². The molecule has 0 aliphatic heterocycles. The van der Waals surface area contributed by atoms with Crippen molar-refractivity contribution in [3.05, 3.63) is 27.3 Å². The number of rotatable bonds is 0. The van der Waals surface area contributed by atoms with Crippen LogP contribution in [-0.4, -0.2) is 5.16 Å². The molecule has 4 heteroatoms. The van der Waals surface area contributed by atoms with Gasteiger partial charge in [-0.2, -0.15) is 0 Å². The van der Waals surface area contributed by atoms with E-state index in [1.807, 2.05) is 19.1 Å². The normalized spacial score (nSPS) is 10.9. The summed E-state index contributed by atoms with van der Waals surface area (Å²) in [5.74, 6) is 0. The number of hydrogen-bond acceptors (Lipinski definition) is 2. The van der Waals surface area contributed by atoms with Crippen LogP contribution in [0.1, 0.15) is 5.69 Å². The van der Waals surface area contributed by atoms with Crippen molar-refractivity contribution in [3.8, 4) is 0 Å².